The molecule has 0 amide bonds. The second-order valence-corrected chi connectivity index (χ2v) is 6.51. The summed E-state index contributed by atoms with van der Waals surface area (Å²) in [6.07, 6.45) is 0.540. The Morgan fingerprint density at radius 2 is 1.57 bits per heavy atom. The topological polar surface area (TPSA) is 66.4 Å². The number of benzene rings is 2. The van der Waals surface area contributed by atoms with Crippen LogP contribution < -0.4 is 4.72 Å². The highest BCUT2D eigenvalue weighted by Crippen LogP contribution is 2.21. The maximum atomic E-state index is 12.2. The Hall–Kier alpha value is -1.69. The molecule has 0 bridgehead atoms. The molecule has 2 aromatic rings. The van der Waals surface area contributed by atoms with E-state index < -0.39 is 16.1 Å². The number of hydrogen-bond acceptors (Lipinski definition) is 3. The van der Waals surface area contributed by atoms with Crippen molar-refractivity contribution in [1.29, 1.82) is 0 Å². The first-order chi connectivity index (χ1) is 10.1. The number of nitrogens with one attached hydrogen (secondary N) is 1. The molecule has 0 heterocycles. The van der Waals surface area contributed by atoms with Crippen molar-refractivity contribution in [2.75, 3.05) is 6.61 Å². The van der Waals surface area contributed by atoms with Gasteiger partial charge in [-0.1, -0.05) is 49.4 Å². The normalized spacial score (nSPS) is 13.0. The van der Waals surface area contributed by atoms with Crippen LogP contribution in [0.15, 0.2) is 59.5 Å². The summed E-state index contributed by atoms with van der Waals surface area (Å²) >= 11 is 0. The number of hydrogen-bond donors (Lipinski definition) is 2. The Morgan fingerprint density at radius 3 is 2.10 bits per heavy atom. The van der Waals surface area contributed by atoms with Gasteiger partial charge >= 0.3 is 0 Å². The third kappa shape index (κ3) is 3.91. The summed E-state index contributed by atoms with van der Waals surface area (Å²) < 4.78 is 26.9. The van der Waals surface area contributed by atoms with Gasteiger partial charge in [-0.25, -0.2) is 13.1 Å². The zero-order valence-corrected chi connectivity index (χ0v) is 12.7. The van der Waals surface area contributed by atoms with Crippen molar-refractivity contribution in [2.45, 2.75) is 24.3 Å². The summed E-state index contributed by atoms with van der Waals surface area (Å²) in [6, 6.07) is 16.0. The number of aliphatic hydroxyl groups excluding tert-OH is 1. The maximum absolute atomic E-state index is 12.2. The van der Waals surface area contributed by atoms with E-state index >= 15 is 0 Å². The van der Waals surface area contributed by atoms with E-state index in [2.05, 4.69) is 4.72 Å². The minimum atomic E-state index is -3.59. The van der Waals surface area contributed by atoms with Gasteiger partial charge in [0, 0.05) is 6.04 Å². The predicted octanol–water partition coefficient (Wildman–Crippen LogP) is 2.40. The van der Waals surface area contributed by atoms with E-state index in [0.29, 0.717) is 6.42 Å². The molecule has 2 aromatic carbocycles. The molecule has 0 saturated carbocycles. The lowest BCUT2D eigenvalue weighted by molar-refractivity contribution is 0.254. The molecule has 21 heavy (non-hydrogen) atoms. The van der Waals surface area contributed by atoms with Crippen molar-refractivity contribution in [3.05, 3.63) is 54.6 Å². The van der Waals surface area contributed by atoms with Gasteiger partial charge in [0.25, 0.3) is 0 Å². The summed E-state index contributed by atoms with van der Waals surface area (Å²) in [4.78, 5) is 0.203. The molecule has 0 aliphatic carbocycles. The van der Waals surface area contributed by atoms with Gasteiger partial charge in [-0.2, -0.15) is 0 Å². The third-order valence-corrected chi connectivity index (χ3v) is 4.84. The molecule has 0 aliphatic heterocycles. The number of rotatable bonds is 6. The van der Waals surface area contributed by atoms with Crippen LogP contribution in [-0.2, 0) is 10.0 Å². The van der Waals surface area contributed by atoms with E-state index in [9.17, 15) is 8.42 Å². The average Bonchev–Trinajstić information content (AvgIpc) is 2.53. The van der Waals surface area contributed by atoms with Crippen LogP contribution in [0.25, 0.3) is 11.1 Å². The first kappa shape index (κ1) is 15.7. The van der Waals surface area contributed by atoms with E-state index in [1.165, 1.54) is 0 Å². The lowest BCUT2D eigenvalue weighted by Crippen LogP contribution is -2.36. The molecule has 112 valence electrons. The quantitative estimate of drug-likeness (QED) is 0.861. The number of sulfonamides is 1. The lowest BCUT2D eigenvalue weighted by Gasteiger charge is -2.14. The smallest absolute Gasteiger partial charge is 0.240 e. The molecule has 2 rings (SSSR count). The molecule has 0 unspecified atom stereocenters. The van der Waals surface area contributed by atoms with Gasteiger partial charge in [-0.05, 0) is 29.7 Å². The Morgan fingerprint density at radius 1 is 1.00 bits per heavy atom. The van der Waals surface area contributed by atoms with Crippen LogP contribution in [-0.4, -0.2) is 26.2 Å². The largest absolute Gasteiger partial charge is 0.395 e. The van der Waals surface area contributed by atoms with Crippen molar-refractivity contribution in [2.24, 2.45) is 0 Å². The van der Waals surface area contributed by atoms with Crippen LogP contribution in [0.5, 0.6) is 0 Å². The highest BCUT2D eigenvalue weighted by Gasteiger charge is 2.18. The molecule has 0 fully saturated rings. The molecule has 0 radical (unpaired) electrons. The van der Waals surface area contributed by atoms with Gasteiger partial charge in [0.05, 0.1) is 11.5 Å². The fraction of sp³-hybridized carbons (Fsp3) is 0.250. The molecule has 0 saturated heterocycles. The van der Waals surface area contributed by atoms with Crippen molar-refractivity contribution in [1.82, 2.24) is 4.72 Å². The molecule has 0 spiro atoms. The first-order valence-corrected chi connectivity index (χ1v) is 8.34. The average molecular weight is 305 g/mol. The first-order valence-electron chi connectivity index (χ1n) is 6.85. The van der Waals surface area contributed by atoms with Crippen molar-refractivity contribution in [3.63, 3.8) is 0 Å². The van der Waals surface area contributed by atoms with Gasteiger partial charge in [0.1, 0.15) is 0 Å². The second-order valence-electron chi connectivity index (χ2n) is 4.80. The van der Waals surface area contributed by atoms with Crippen molar-refractivity contribution in [3.8, 4) is 11.1 Å². The minimum Gasteiger partial charge on any atom is -0.395 e. The zero-order valence-electron chi connectivity index (χ0n) is 11.9. The summed E-state index contributed by atoms with van der Waals surface area (Å²) in [5, 5.41) is 9.10. The highest BCUT2D eigenvalue weighted by atomic mass is 32.2. The van der Waals surface area contributed by atoms with Gasteiger partial charge in [-0.3, -0.25) is 0 Å². The molecule has 5 heteroatoms. The molecule has 2 N–H and O–H groups in total. The summed E-state index contributed by atoms with van der Waals surface area (Å²) in [5.74, 6) is 0. The van der Waals surface area contributed by atoms with Gasteiger partial charge in [0.15, 0.2) is 0 Å². The fourth-order valence-corrected chi connectivity index (χ4v) is 3.30. The monoisotopic (exact) mass is 305 g/mol. The van der Waals surface area contributed by atoms with Crippen LogP contribution in [0, 0.1) is 0 Å². The molecule has 1 atom stereocenters. The van der Waals surface area contributed by atoms with Crippen LogP contribution in [0.4, 0.5) is 0 Å². The van der Waals surface area contributed by atoms with E-state index in [1.807, 2.05) is 37.3 Å². The fourth-order valence-electron chi connectivity index (χ4n) is 1.99. The van der Waals surface area contributed by atoms with Gasteiger partial charge < -0.3 is 5.11 Å². The summed E-state index contributed by atoms with van der Waals surface area (Å²) in [5.41, 5.74) is 2.00. The van der Waals surface area contributed by atoms with Crippen LogP contribution in [0.2, 0.25) is 0 Å². The summed E-state index contributed by atoms with van der Waals surface area (Å²) in [7, 11) is -3.59. The predicted molar refractivity (Wildman–Crippen MR) is 83.4 cm³/mol. The van der Waals surface area contributed by atoms with E-state index in [1.54, 1.807) is 24.3 Å². The number of aliphatic hydroxyl groups is 1. The Balaban J connectivity index is 2.22. The van der Waals surface area contributed by atoms with E-state index in [-0.39, 0.29) is 11.5 Å². The van der Waals surface area contributed by atoms with Crippen LogP contribution >= 0.6 is 0 Å². The highest BCUT2D eigenvalue weighted by molar-refractivity contribution is 7.89. The van der Waals surface area contributed by atoms with Gasteiger partial charge in [-0.15, -0.1) is 0 Å². The second kappa shape index (κ2) is 6.85. The Bertz CT molecular complexity index is 662. The van der Waals surface area contributed by atoms with E-state index in [4.69, 9.17) is 5.11 Å². The van der Waals surface area contributed by atoms with Crippen molar-refractivity contribution < 1.29 is 13.5 Å². The standard InChI is InChI=1S/C16H19NO3S/c1-2-15(12-18)17-21(19,20)16-10-8-14(9-11-16)13-6-4-3-5-7-13/h3-11,15,17-18H,2,12H2,1H3/t15-/m0/s1. The molecular weight excluding hydrogens is 286 g/mol. The minimum absolute atomic E-state index is 0.203. The van der Waals surface area contributed by atoms with Crippen LogP contribution in [0.3, 0.4) is 0 Å². The lowest BCUT2D eigenvalue weighted by atomic mass is 10.1. The van der Waals surface area contributed by atoms with Gasteiger partial charge in [0.2, 0.25) is 10.0 Å². The maximum Gasteiger partial charge on any atom is 0.240 e. The van der Waals surface area contributed by atoms with Crippen molar-refractivity contribution >= 4 is 10.0 Å². The SMILES string of the molecule is CC[C@@H](CO)NS(=O)(=O)c1ccc(-c2ccccc2)cc1. The zero-order chi connectivity index (χ0) is 15.3. The van der Waals surface area contributed by atoms with E-state index in [0.717, 1.165) is 11.1 Å². The Kier molecular flexibility index (Phi) is 5.12. The third-order valence-electron chi connectivity index (χ3n) is 3.31. The molecule has 0 aromatic heterocycles. The molecule has 0 aliphatic rings. The molecule has 4 nitrogen and oxygen atoms in total. The molecular formula is C16H19NO3S. The Labute approximate surface area is 125 Å². The summed E-state index contributed by atoms with van der Waals surface area (Å²) in [6.45, 7) is 1.61. The van der Waals surface area contributed by atoms with Crippen LogP contribution in [0.1, 0.15) is 13.3 Å².